The van der Waals surface area contributed by atoms with Crippen molar-refractivity contribution >= 4 is 17.6 Å². The molecule has 2 unspecified atom stereocenters. The molecule has 0 bridgehead atoms. The first kappa shape index (κ1) is 23.1. The summed E-state index contributed by atoms with van der Waals surface area (Å²) in [4.78, 5) is 12.0. The Kier molecular flexibility index (Phi) is 5.97. The number of esters is 1. The van der Waals surface area contributed by atoms with Gasteiger partial charge in [-0.2, -0.15) is 0 Å². The van der Waals surface area contributed by atoms with Gasteiger partial charge in [-0.3, -0.25) is 0 Å². The highest BCUT2D eigenvalue weighted by Gasteiger charge is 2.60. The van der Waals surface area contributed by atoms with Crippen molar-refractivity contribution in [2.45, 2.75) is 64.4 Å². The van der Waals surface area contributed by atoms with Crippen LogP contribution in [-0.2, 0) is 19.0 Å². The zero-order chi connectivity index (χ0) is 23.4. The number of ether oxygens (including phenoxy) is 3. The molecule has 0 aromatic heterocycles. The molecule has 6 heteroatoms. The van der Waals surface area contributed by atoms with Gasteiger partial charge in [-0.25, -0.2) is 4.79 Å². The number of halogens is 1. The molecule has 2 saturated carbocycles. The third kappa shape index (κ3) is 3.87. The lowest BCUT2D eigenvalue weighted by Crippen LogP contribution is -2.60. The van der Waals surface area contributed by atoms with Crippen LogP contribution in [0.3, 0.4) is 0 Å². The quantitative estimate of drug-likeness (QED) is 0.363. The summed E-state index contributed by atoms with van der Waals surface area (Å²) in [7, 11) is 0. The summed E-state index contributed by atoms with van der Waals surface area (Å²) in [6, 6.07) is 7.69. The van der Waals surface area contributed by atoms with Crippen LogP contribution in [0.4, 0.5) is 0 Å². The number of aliphatic hydroxyl groups is 1. The van der Waals surface area contributed by atoms with Crippen LogP contribution in [0.2, 0.25) is 5.02 Å². The van der Waals surface area contributed by atoms with Gasteiger partial charge < -0.3 is 19.3 Å². The van der Waals surface area contributed by atoms with Crippen molar-refractivity contribution in [3.05, 3.63) is 58.7 Å². The molecule has 2 heterocycles. The number of carbonyl (C=O) groups is 1. The van der Waals surface area contributed by atoms with Crippen molar-refractivity contribution in [2.24, 2.45) is 22.7 Å². The summed E-state index contributed by atoms with van der Waals surface area (Å²) in [5.74, 6) is 0.268. The molecule has 7 atom stereocenters. The van der Waals surface area contributed by atoms with Crippen LogP contribution < -0.4 is 0 Å². The van der Waals surface area contributed by atoms with Crippen molar-refractivity contribution in [1.29, 1.82) is 0 Å². The Labute approximate surface area is 200 Å². The van der Waals surface area contributed by atoms with E-state index in [1.54, 1.807) is 0 Å². The lowest BCUT2D eigenvalue weighted by atomic mass is 9.46. The van der Waals surface area contributed by atoms with E-state index < -0.39 is 12.1 Å². The van der Waals surface area contributed by atoms with E-state index in [0.717, 1.165) is 31.2 Å². The minimum Gasteiger partial charge on any atom is -0.459 e. The molecule has 4 fully saturated rings. The second kappa shape index (κ2) is 8.53. The number of carbonyl (C=O) groups excluding carboxylic acids is 1. The molecule has 33 heavy (non-hydrogen) atoms. The first-order valence-corrected chi connectivity index (χ1v) is 12.4. The Morgan fingerprint density at radius 2 is 1.97 bits per heavy atom. The second-order valence-electron chi connectivity index (χ2n) is 10.7. The summed E-state index contributed by atoms with van der Waals surface area (Å²) in [5, 5.41) is 10.8. The lowest BCUT2D eigenvalue weighted by molar-refractivity contribution is -0.307. The Morgan fingerprint density at radius 3 is 2.67 bits per heavy atom. The van der Waals surface area contributed by atoms with Gasteiger partial charge in [0.1, 0.15) is 12.7 Å². The first-order chi connectivity index (χ1) is 15.7. The van der Waals surface area contributed by atoms with E-state index in [1.165, 1.54) is 5.57 Å². The molecular weight excluding hydrogens is 440 g/mol. The Bertz CT molecular complexity index is 971. The van der Waals surface area contributed by atoms with Crippen molar-refractivity contribution in [1.82, 2.24) is 0 Å². The molecule has 5 rings (SSSR count). The molecule has 2 aliphatic heterocycles. The van der Waals surface area contributed by atoms with E-state index in [-0.39, 0.29) is 35.7 Å². The van der Waals surface area contributed by atoms with Crippen LogP contribution in [0.25, 0.3) is 0 Å². The molecular formula is C27H33ClO5. The number of benzene rings is 1. The van der Waals surface area contributed by atoms with Crippen molar-refractivity contribution in [3.8, 4) is 0 Å². The molecule has 1 aromatic carbocycles. The average molecular weight is 473 g/mol. The molecule has 178 valence electrons. The number of fused-ring (bicyclic) bond motifs is 3. The monoisotopic (exact) mass is 472 g/mol. The summed E-state index contributed by atoms with van der Waals surface area (Å²) in [5.41, 5.74) is 2.57. The maximum atomic E-state index is 12.0. The summed E-state index contributed by atoms with van der Waals surface area (Å²) in [6.07, 6.45) is 5.55. The zero-order valence-corrected chi connectivity index (χ0v) is 20.1. The molecule has 1 N–H and O–H groups in total. The predicted molar refractivity (Wildman–Crippen MR) is 125 cm³/mol. The van der Waals surface area contributed by atoms with E-state index in [2.05, 4.69) is 20.4 Å². The first-order valence-electron chi connectivity index (χ1n) is 12.0. The van der Waals surface area contributed by atoms with E-state index >= 15 is 0 Å². The standard InChI is InChI=1S/C27H33ClO5/c1-16-4-11-22-26(2,20(16)10-9-19-21(29)14-31-24(19)30)13-12-23-27(22,3)15-32-25(33-23)17-5-7-18(28)8-6-17/h5-9,20-23,25,29H,1,4,10-15H2,2-3H3/b19-9+/t20-,21+,22+,23?,25?,26+,27+/m1/s1. The van der Waals surface area contributed by atoms with E-state index in [1.807, 2.05) is 30.3 Å². The van der Waals surface area contributed by atoms with E-state index in [0.29, 0.717) is 29.5 Å². The normalized spacial score (nSPS) is 42.1. The Balaban J connectivity index is 1.37. The Hall–Kier alpha value is -1.66. The summed E-state index contributed by atoms with van der Waals surface area (Å²) >= 11 is 6.05. The van der Waals surface area contributed by atoms with Crippen LogP contribution in [0.5, 0.6) is 0 Å². The van der Waals surface area contributed by atoms with Crippen LogP contribution in [-0.4, -0.2) is 36.5 Å². The molecule has 2 saturated heterocycles. The topological polar surface area (TPSA) is 65.0 Å². The lowest BCUT2D eigenvalue weighted by Gasteiger charge is -2.62. The highest BCUT2D eigenvalue weighted by molar-refractivity contribution is 6.30. The van der Waals surface area contributed by atoms with Gasteiger partial charge in [-0.1, -0.05) is 55.8 Å². The van der Waals surface area contributed by atoms with Crippen LogP contribution in [0, 0.1) is 22.7 Å². The number of cyclic esters (lactones) is 1. The maximum Gasteiger partial charge on any atom is 0.336 e. The number of allylic oxidation sites excluding steroid dienone is 2. The van der Waals surface area contributed by atoms with Crippen molar-refractivity contribution < 1.29 is 24.1 Å². The van der Waals surface area contributed by atoms with Crippen molar-refractivity contribution in [3.63, 3.8) is 0 Å². The fourth-order valence-electron chi connectivity index (χ4n) is 6.99. The van der Waals surface area contributed by atoms with Gasteiger partial charge in [0.15, 0.2) is 6.29 Å². The minimum atomic E-state index is -0.823. The van der Waals surface area contributed by atoms with Gasteiger partial charge in [-0.15, -0.1) is 0 Å². The number of hydrogen-bond acceptors (Lipinski definition) is 5. The highest BCUT2D eigenvalue weighted by atomic mass is 35.5. The summed E-state index contributed by atoms with van der Waals surface area (Å²) < 4.78 is 17.9. The largest absolute Gasteiger partial charge is 0.459 e. The maximum absolute atomic E-state index is 12.0. The van der Waals surface area contributed by atoms with Crippen LogP contribution in [0.1, 0.15) is 57.8 Å². The van der Waals surface area contributed by atoms with Crippen LogP contribution >= 0.6 is 11.6 Å². The Morgan fingerprint density at radius 1 is 1.21 bits per heavy atom. The van der Waals surface area contributed by atoms with Gasteiger partial charge >= 0.3 is 5.97 Å². The molecule has 4 aliphatic rings. The van der Waals surface area contributed by atoms with Crippen molar-refractivity contribution in [2.75, 3.05) is 13.2 Å². The minimum absolute atomic E-state index is 0.0327. The molecule has 1 aromatic rings. The van der Waals surface area contributed by atoms with Gasteiger partial charge in [-0.05, 0) is 61.5 Å². The SMILES string of the molecule is C=C1CC[C@H]2[C@@](C)(CCC3OC(c4ccc(Cl)cc4)OC[C@]32C)[C@@H]1C/C=C1/C(=O)OC[C@@H]1O. The number of rotatable bonds is 3. The fraction of sp³-hybridized carbons (Fsp3) is 0.593. The fourth-order valence-corrected chi connectivity index (χ4v) is 7.12. The van der Waals surface area contributed by atoms with Gasteiger partial charge in [0, 0.05) is 16.0 Å². The second-order valence-corrected chi connectivity index (χ2v) is 11.1. The molecule has 5 nitrogen and oxygen atoms in total. The van der Waals surface area contributed by atoms with E-state index in [9.17, 15) is 9.90 Å². The molecule has 0 amide bonds. The molecule has 2 aliphatic carbocycles. The third-order valence-corrected chi connectivity index (χ3v) is 9.08. The predicted octanol–water partition coefficient (Wildman–Crippen LogP) is 5.38. The van der Waals surface area contributed by atoms with E-state index in [4.69, 9.17) is 25.8 Å². The number of hydrogen-bond donors (Lipinski definition) is 1. The summed E-state index contributed by atoms with van der Waals surface area (Å²) in [6.45, 7) is 9.82. The van der Waals surface area contributed by atoms with Gasteiger partial charge in [0.25, 0.3) is 0 Å². The highest BCUT2D eigenvalue weighted by Crippen LogP contribution is 2.63. The molecule has 0 spiro atoms. The van der Waals surface area contributed by atoms with Gasteiger partial charge in [0.2, 0.25) is 0 Å². The van der Waals surface area contributed by atoms with Gasteiger partial charge in [0.05, 0.1) is 18.3 Å². The third-order valence-electron chi connectivity index (χ3n) is 8.83. The average Bonchev–Trinajstić information content (AvgIpc) is 3.10. The smallest absolute Gasteiger partial charge is 0.336 e. The number of aliphatic hydroxyl groups excluding tert-OH is 1. The zero-order valence-electron chi connectivity index (χ0n) is 19.4. The molecule has 0 radical (unpaired) electrons. The van der Waals surface area contributed by atoms with Crippen LogP contribution in [0.15, 0.2) is 48.1 Å².